The predicted octanol–water partition coefficient (Wildman–Crippen LogP) is 6.30. The normalized spacial score (nSPS) is 18.9. The molecule has 3 heterocycles. The zero-order valence-corrected chi connectivity index (χ0v) is 17.3. The van der Waals surface area contributed by atoms with E-state index in [9.17, 15) is 0 Å². The minimum atomic E-state index is 0.203. The Hall–Kier alpha value is -4.18. The first-order valence-electron chi connectivity index (χ1n) is 10.9. The topological polar surface area (TPSA) is 34.0 Å². The molecule has 2 unspecified atom stereocenters. The summed E-state index contributed by atoms with van der Waals surface area (Å²) in [5.41, 5.74) is 5.73. The molecular formula is C28H20N4. The fourth-order valence-electron chi connectivity index (χ4n) is 5.33. The van der Waals surface area contributed by atoms with Crippen molar-refractivity contribution < 1.29 is 0 Å². The fourth-order valence-corrected chi connectivity index (χ4v) is 5.33. The van der Waals surface area contributed by atoms with Crippen LogP contribution in [0.1, 0.15) is 11.5 Å². The lowest BCUT2D eigenvalue weighted by Gasteiger charge is -2.28. The average molecular weight is 412 g/mol. The number of para-hydroxylation sites is 3. The molecule has 0 spiro atoms. The quantitative estimate of drug-likeness (QED) is 0.341. The van der Waals surface area contributed by atoms with Crippen molar-refractivity contribution in [2.45, 2.75) is 12.0 Å². The second-order valence-corrected chi connectivity index (χ2v) is 8.30. The van der Waals surface area contributed by atoms with Gasteiger partial charge in [0.25, 0.3) is 0 Å². The molecule has 2 atom stereocenters. The molecule has 0 bridgehead atoms. The lowest BCUT2D eigenvalue weighted by atomic mass is 9.91. The second kappa shape index (κ2) is 6.66. The van der Waals surface area contributed by atoms with Crippen molar-refractivity contribution in [3.63, 3.8) is 0 Å². The van der Waals surface area contributed by atoms with Gasteiger partial charge in [0, 0.05) is 22.7 Å². The summed E-state index contributed by atoms with van der Waals surface area (Å²) in [7, 11) is 0. The van der Waals surface area contributed by atoms with Gasteiger partial charge in [-0.15, -0.1) is 0 Å². The summed E-state index contributed by atoms with van der Waals surface area (Å²) in [5, 5.41) is 2.25. The van der Waals surface area contributed by atoms with Crippen molar-refractivity contribution in [3.8, 4) is 5.69 Å². The number of nitrogens with zero attached hydrogens (tertiary/aromatic N) is 4. The van der Waals surface area contributed by atoms with Gasteiger partial charge in [-0.25, -0.2) is 9.97 Å². The maximum atomic E-state index is 4.88. The van der Waals surface area contributed by atoms with E-state index in [1.165, 1.54) is 16.6 Å². The third-order valence-electron chi connectivity index (χ3n) is 6.64. The molecule has 7 rings (SSSR count). The SMILES string of the molecule is C1=CC2c3ccccc3N(c3ncnc4c3c3ccccc3n4-c3ccccc3)C2C=C1. The lowest BCUT2D eigenvalue weighted by Crippen LogP contribution is -2.29. The van der Waals surface area contributed by atoms with Gasteiger partial charge >= 0.3 is 0 Å². The molecule has 2 aromatic heterocycles. The first-order chi connectivity index (χ1) is 15.9. The van der Waals surface area contributed by atoms with E-state index in [1.54, 1.807) is 6.33 Å². The molecule has 0 N–H and O–H groups in total. The molecule has 3 aromatic carbocycles. The van der Waals surface area contributed by atoms with Gasteiger partial charge in [0.1, 0.15) is 12.1 Å². The van der Waals surface area contributed by atoms with E-state index in [0.717, 1.165) is 28.1 Å². The van der Waals surface area contributed by atoms with Crippen LogP contribution in [0.5, 0.6) is 0 Å². The number of fused-ring (bicyclic) bond motifs is 6. The molecule has 1 aliphatic carbocycles. The van der Waals surface area contributed by atoms with Gasteiger partial charge in [-0.2, -0.15) is 0 Å². The number of anilines is 2. The Kier molecular flexibility index (Phi) is 3.64. The minimum absolute atomic E-state index is 0.203. The van der Waals surface area contributed by atoms with Crippen molar-refractivity contribution in [3.05, 3.63) is 115 Å². The van der Waals surface area contributed by atoms with Gasteiger partial charge in [-0.3, -0.25) is 4.57 Å². The highest BCUT2D eigenvalue weighted by molar-refractivity contribution is 6.13. The van der Waals surface area contributed by atoms with Crippen LogP contribution in [-0.4, -0.2) is 20.6 Å². The van der Waals surface area contributed by atoms with Crippen LogP contribution in [0, 0.1) is 0 Å². The molecule has 0 radical (unpaired) electrons. The minimum Gasteiger partial charge on any atom is -0.318 e. The highest BCUT2D eigenvalue weighted by Crippen LogP contribution is 2.49. The van der Waals surface area contributed by atoms with E-state index in [0.29, 0.717) is 5.92 Å². The van der Waals surface area contributed by atoms with Crippen molar-refractivity contribution in [1.29, 1.82) is 0 Å². The summed E-state index contributed by atoms with van der Waals surface area (Å²) in [6, 6.07) is 27.9. The van der Waals surface area contributed by atoms with Crippen LogP contribution in [0.3, 0.4) is 0 Å². The largest absolute Gasteiger partial charge is 0.318 e. The van der Waals surface area contributed by atoms with E-state index in [2.05, 4.69) is 107 Å². The summed E-state index contributed by atoms with van der Waals surface area (Å²) < 4.78 is 2.24. The van der Waals surface area contributed by atoms with E-state index in [1.807, 2.05) is 6.07 Å². The van der Waals surface area contributed by atoms with Crippen LogP contribution in [-0.2, 0) is 0 Å². The highest BCUT2D eigenvalue weighted by atomic mass is 15.3. The Bertz CT molecular complexity index is 1540. The Morgan fingerprint density at radius 3 is 2.44 bits per heavy atom. The lowest BCUT2D eigenvalue weighted by molar-refractivity contribution is 0.739. The Morgan fingerprint density at radius 1 is 0.719 bits per heavy atom. The van der Waals surface area contributed by atoms with Crippen LogP contribution in [0.25, 0.3) is 27.6 Å². The van der Waals surface area contributed by atoms with Crippen LogP contribution in [0.15, 0.2) is 109 Å². The molecule has 4 nitrogen and oxygen atoms in total. The molecule has 0 saturated carbocycles. The van der Waals surface area contributed by atoms with Gasteiger partial charge in [-0.1, -0.05) is 78.9 Å². The van der Waals surface area contributed by atoms with Crippen molar-refractivity contribution in [1.82, 2.24) is 14.5 Å². The molecular weight excluding hydrogens is 392 g/mol. The third-order valence-corrected chi connectivity index (χ3v) is 6.64. The number of allylic oxidation sites excluding steroid dienone is 2. The molecule has 0 fully saturated rings. The van der Waals surface area contributed by atoms with Crippen LogP contribution in [0.4, 0.5) is 11.5 Å². The van der Waals surface area contributed by atoms with E-state index < -0.39 is 0 Å². The van der Waals surface area contributed by atoms with Crippen LogP contribution >= 0.6 is 0 Å². The zero-order chi connectivity index (χ0) is 21.1. The second-order valence-electron chi connectivity index (χ2n) is 8.30. The third kappa shape index (κ3) is 2.32. The number of aromatic nitrogens is 3. The van der Waals surface area contributed by atoms with Crippen LogP contribution in [0.2, 0.25) is 0 Å². The maximum absolute atomic E-state index is 4.88. The van der Waals surface area contributed by atoms with Gasteiger partial charge in [0.05, 0.1) is 16.9 Å². The molecule has 152 valence electrons. The maximum Gasteiger partial charge on any atom is 0.151 e. The van der Waals surface area contributed by atoms with E-state index >= 15 is 0 Å². The number of hydrogen-bond donors (Lipinski definition) is 0. The van der Waals surface area contributed by atoms with Crippen molar-refractivity contribution >= 4 is 33.4 Å². The smallest absolute Gasteiger partial charge is 0.151 e. The standard InChI is InChI=1S/C28H20N4/c1-2-10-19(11-3-1)31-25-17-9-6-14-22(25)26-27(31)29-18-30-28(26)32-23-15-7-4-12-20(23)21-13-5-8-16-24(21)32/h1-18,20,23H. The molecule has 5 aromatic rings. The Balaban J connectivity index is 1.57. The van der Waals surface area contributed by atoms with Gasteiger partial charge in [-0.05, 0) is 29.8 Å². The van der Waals surface area contributed by atoms with Crippen molar-refractivity contribution in [2.75, 3.05) is 4.90 Å². The molecule has 0 amide bonds. The molecule has 4 heteroatoms. The summed E-state index contributed by atoms with van der Waals surface area (Å²) >= 11 is 0. The zero-order valence-electron chi connectivity index (χ0n) is 17.3. The van der Waals surface area contributed by atoms with E-state index in [4.69, 9.17) is 9.97 Å². The first-order valence-corrected chi connectivity index (χ1v) is 10.9. The molecule has 1 aliphatic heterocycles. The average Bonchev–Trinajstić information content (AvgIpc) is 3.38. The van der Waals surface area contributed by atoms with Crippen molar-refractivity contribution in [2.24, 2.45) is 0 Å². The molecule has 2 aliphatic rings. The number of rotatable bonds is 2. The summed E-state index contributed by atoms with van der Waals surface area (Å²) in [5.74, 6) is 1.28. The van der Waals surface area contributed by atoms with Gasteiger partial charge in [0.15, 0.2) is 5.65 Å². The van der Waals surface area contributed by atoms with Gasteiger partial charge in [0.2, 0.25) is 0 Å². The Labute approximate surface area is 185 Å². The number of benzene rings is 3. The molecule has 32 heavy (non-hydrogen) atoms. The van der Waals surface area contributed by atoms with E-state index in [-0.39, 0.29) is 6.04 Å². The van der Waals surface area contributed by atoms with Crippen LogP contribution < -0.4 is 4.90 Å². The number of hydrogen-bond acceptors (Lipinski definition) is 3. The summed E-state index contributed by atoms with van der Waals surface area (Å²) in [4.78, 5) is 12.1. The first kappa shape index (κ1) is 17.5. The molecule has 0 saturated heterocycles. The summed E-state index contributed by atoms with van der Waals surface area (Å²) in [6.45, 7) is 0. The van der Waals surface area contributed by atoms with Gasteiger partial charge < -0.3 is 4.90 Å². The summed E-state index contributed by atoms with van der Waals surface area (Å²) in [6.07, 6.45) is 10.6. The predicted molar refractivity (Wildman–Crippen MR) is 130 cm³/mol. The Morgan fingerprint density at radius 2 is 1.50 bits per heavy atom. The fraction of sp³-hybridized carbons (Fsp3) is 0.0714. The highest BCUT2D eigenvalue weighted by Gasteiger charge is 2.39. The monoisotopic (exact) mass is 412 g/mol.